The van der Waals surface area contributed by atoms with Crippen LogP contribution in [0.1, 0.15) is 17.5 Å². The zero-order valence-electron chi connectivity index (χ0n) is 13.4. The van der Waals surface area contributed by atoms with Gasteiger partial charge in [0.1, 0.15) is 0 Å². The average molecular weight is 364 g/mol. The van der Waals surface area contributed by atoms with E-state index in [1.54, 1.807) is 19.9 Å². The molecule has 1 aliphatic rings. The van der Waals surface area contributed by atoms with E-state index >= 15 is 0 Å². The third-order valence-corrected chi connectivity index (χ3v) is 6.23. The van der Waals surface area contributed by atoms with Gasteiger partial charge in [-0.1, -0.05) is 6.07 Å². The van der Waals surface area contributed by atoms with E-state index in [1.165, 1.54) is 10.4 Å². The highest BCUT2D eigenvalue weighted by molar-refractivity contribution is 7.89. The van der Waals surface area contributed by atoms with Gasteiger partial charge in [0.15, 0.2) is 4.90 Å². The number of nitrogens with zero attached hydrogens (tertiary/aromatic N) is 2. The molecule has 1 atom stereocenters. The molecule has 130 valence electrons. The fourth-order valence-electron chi connectivity index (χ4n) is 2.85. The Bertz CT molecular complexity index is 694. The number of halogens is 1. The Labute approximate surface area is 142 Å². The summed E-state index contributed by atoms with van der Waals surface area (Å²) in [6.07, 6.45) is 0.763. The fraction of sp³-hybridized carbons (Fsp3) is 0.571. The molecule has 1 aliphatic heterocycles. The molecule has 0 spiro atoms. The van der Waals surface area contributed by atoms with Crippen LogP contribution in [0.15, 0.2) is 17.0 Å². The molecule has 2 rings (SSSR count). The van der Waals surface area contributed by atoms with Crippen molar-refractivity contribution in [2.45, 2.75) is 25.2 Å². The van der Waals surface area contributed by atoms with Gasteiger partial charge in [-0.05, 0) is 50.9 Å². The summed E-state index contributed by atoms with van der Waals surface area (Å²) in [5.74, 6) is 0.240. The standard InChI is InChI=1S/C14H21N3O4S.ClH/c1-10-4-5-13(17(18)19)14(11(10)2)22(20,21)16-7-6-12(9-16)8-15-3;/h4-5,12,15H,6-9H2,1-3H3;1H. The summed E-state index contributed by atoms with van der Waals surface area (Å²) in [5, 5.41) is 14.3. The highest BCUT2D eigenvalue weighted by Crippen LogP contribution is 2.33. The molecule has 0 amide bonds. The van der Waals surface area contributed by atoms with Gasteiger partial charge in [-0.15, -0.1) is 12.4 Å². The SMILES string of the molecule is CNCC1CCN(S(=O)(=O)c2c([N+](=O)[O-])ccc(C)c2C)C1.Cl. The van der Waals surface area contributed by atoms with Gasteiger partial charge in [-0.25, -0.2) is 8.42 Å². The molecule has 1 fully saturated rings. The van der Waals surface area contributed by atoms with Crippen LogP contribution < -0.4 is 5.32 Å². The van der Waals surface area contributed by atoms with E-state index in [-0.39, 0.29) is 28.9 Å². The maximum Gasteiger partial charge on any atom is 0.289 e. The molecule has 0 radical (unpaired) electrons. The lowest BCUT2D eigenvalue weighted by atomic mass is 10.1. The number of hydrogen-bond donors (Lipinski definition) is 1. The molecule has 0 aromatic heterocycles. The molecule has 7 nitrogen and oxygen atoms in total. The van der Waals surface area contributed by atoms with E-state index in [1.807, 2.05) is 7.05 Å². The quantitative estimate of drug-likeness (QED) is 0.636. The van der Waals surface area contributed by atoms with Gasteiger partial charge >= 0.3 is 0 Å². The van der Waals surface area contributed by atoms with Crippen LogP contribution in [-0.4, -0.2) is 44.3 Å². The van der Waals surface area contributed by atoms with Crippen LogP contribution in [0.2, 0.25) is 0 Å². The molecule has 1 N–H and O–H groups in total. The summed E-state index contributed by atoms with van der Waals surface area (Å²) in [5.41, 5.74) is 0.835. The maximum atomic E-state index is 12.9. The van der Waals surface area contributed by atoms with Crippen LogP contribution in [0.25, 0.3) is 0 Å². The van der Waals surface area contributed by atoms with Gasteiger partial charge in [-0.2, -0.15) is 4.31 Å². The van der Waals surface area contributed by atoms with E-state index in [0.717, 1.165) is 18.5 Å². The predicted octanol–water partition coefficient (Wildman–Crippen LogP) is 1.86. The Kier molecular flexibility index (Phi) is 6.52. The molecule has 0 bridgehead atoms. The highest BCUT2D eigenvalue weighted by Gasteiger charge is 2.37. The first-order valence-corrected chi connectivity index (χ1v) is 8.62. The summed E-state index contributed by atoms with van der Waals surface area (Å²) in [6, 6.07) is 2.86. The van der Waals surface area contributed by atoms with Crippen molar-refractivity contribution in [3.05, 3.63) is 33.4 Å². The average Bonchev–Trinajstić information content (AvgIpc) is 2.91. The maximum absolute atomic E-state index is 12.9. The van der Waals surface area contributed by atoms with Gasteiger partial charge in [0.2, 0.25) is 10.0 Å². The molecular formula is C14H22ClN3O4S. The molecule has 1 aromatic rings. The van der Waals surface area contributed by atoms with Crippen molar-refractivity contribution in [3.8, 4) is 0 Å². The lowest BCUT2D eigenvalue weighted by Gasteiger charge is -2.18. The Morgan fingerprint density at radius 2 is 2.04 bits per heavy atom. The molecule has 23 heavy (non-hydrogen) atoms. The van der Waals surface area contributed by atoms with E-state index in [2.05, 4.69) is 5.32 Å². The zero-order chi connectivity index (χ0) is 16.5. The molecule has 1 heterocycles. The second-order valence-corrected chi connectivity index (χ2v) is 7.56. The molecule has 0 saturated carbocycles. The largest absolute Gasteiger partial charge is 0.319 e. The van der Waals surface area contributed by atoms with Crippen molar-refractivity contribution in [2.24, 2.45) is 5.92 Å². The van der Waals surface area contributed by atoms with Gasteiger partial charge in [0.25, 0.3) is 5.69 Å². The number of rotatable bonds is 5. The Morgan fingerprint density at radius 1 is 1.39 bits per heavy atom. The van der Waals surface area contributed by atoms with Crippen molar-refractivity contribution in [2.75, 3.05) is 26.7 Å². The second kappa shape index (κ2) is 7.57. The normalized spacial score (nSPS) is 18.7. The van der Waals surface area contributed by atoms with Crippen LogP contribution >= 0.6 is 12.4 Å². The monoisotopic (exact) mass is 363 g/mol. The highest BCUT2D eigenvalue weighted by atomic mass is 35.5. The number of hydrogen-bond acceptors (Lipinski definition) is 5. The van der Waals surface area contributed by atoms with E-state index in [0.29, 0.717) is 18.7 Å². The molecule has 1 saturated heterocycles. The summed E-state index contributed by atoms with van der Waals surface area (Å²) in [7, 11) is -2.03. The van der Waals surface area contributed by atoms with Crippen molar-refractivity contribution >= 4 is 28.1 Å². The van der Waals surface area contributed by atoms with E-state index in [9.17, 15) is 18.5 Å². The van der Waals surface area contributed by atoms with Gasteiger partial charge in [-0.3, -0.25) is 10.1 Å². The minimum atomic E-state index is -3.85. The van der Waals surface area contributed by atoms with Crippen molar-refractivity contribution in [1.82, 2.24) is 9.62 Å². The number of benzene rings is 1. The third kappa shape index (κ3) is 3.82. The summed E-state index contributed by atoms with van der Waals surface area (Å²) < 4.78 is 27.1. The Morgan fingerprint density at radius 3 is 2.61 bits per heavy atom. The first kappa shape index (κ1) is 19.8. The smallest absolute Gasteiger partial charge is 0.289 e. The summed E-state index contributed by atoms with van der Waals surface area (Å²) in [4.78, 5) is 10.4. The lowest BCUT2D eigenvalue weighted by molar-refractivity contribution is -0.388. The zero-order valence-corrected chi connectivity index (χ0v) is 15.0. The van der Waals surface area contributed by atoms with Crippen molar-refractivity contribution in [3.63, 3.8) is 0 Å². The van der Waals surface area contributed by atoms with E-state index < -0.39 is 14.9 Å². The Hall–Kier alpha value is -1.22. The topological polar surface area (TPSA) is 92.6 Å². The first-order valence-electron chi connectivity index (χ1n) is 7.18. The minimum Gasteiger partial charge on any atom is -0.319 e. The molecule has 1 aromatic carbocycles. The summed E-state index contributed by atoms with van der Waals surface area (Å²) in [6.45, 7) is 4.91. The Balaban J connectivity index is 0.00000264. The van der Waals surface area contributed by atoms with Crippen LogP contribution in [0, 0.1) is 29.9 Å². The lowest BCUT2D eigenvalue weighted by Crippen LogP contribution is -2.31. The summed E-state index contributed by atoms with van der Waals surface area (Å²) >= 11 is 0. The number of nitro benzene ring substituents is 1. The number of nitrogens with one attached hydrogen (secondary N) is 1. The molecule has 0 aliphatic carbocycles. The fourth-order valence-corrected chi connectivity index (χ4v) is 4.81. The molecule has 9 heteroatoms. The van der Waals surface area contributed by atoms with Crippen LogP contribution in [0.4, 0.5) is 5.69 Å². The van der Waals surface area contributed by atoms with E-state index in [4.69, 9.17) is 0 Å². The number of sulfonamides is 1. The van der Waals surface area contributed by atoms with Crippen LogP contribution in [-0.2, 0) is 10.0 Å². The predicted molar refractivity (Wildman–Crippen MR) is 90.6 cm³/mol. The van der Waals surface area contributed by atoms with Gasteiger partial charge in [0, 0.05) is 19.2 Å². The second-order valence-electron chi connectivity index (χ2n) is 5.69. The van der Waals surface area contributed by atoms with Crippen molar-refractivity contribution in [1.29, 1.82) is 0 Å². The molecular weight excluding hydrogens is 342 g/mol. The van der Waals surface area contributed by atoms with Crippen LogP contribution in [0.3, 0.4) is 0 Å². The number of aryl methyl sites for hydroxylation is 1. The minimum absolute atomic E-state index is 0. The first-order chi connectivity index (χ1) is 10.3. The van der Waals surface area contributed by atoms with Crippen LogP contribution in [0.5, 0.6) is 0 Å². The molecule has 1 unspecified atom stereocenters. The number of nitro groups is 1. The van der Waals surface area contributed by atoms with Gasteiger partial charge in [0.05, 0.1) is 4.92 Å². The van der Waals surface area contributed by atoms with Crippen molar-refractivity contribution < 1.29 is 13.3 Å². The van der Waals surface area contributed by atoms with Gasteiger partial charge < -0.3 is 5.32 Å². The third-order valence-electron chi connectivity index (χ3n) is 4.19.